The summed E-state index contributed by atoms with van der Waals surface area (Å²) in [5.41, 5.74) is 7.61. The maximum Gasteiger partial charge on any atom is 0.308 e. The van der Waals surface area contributed by atoms with E-state index < -0.39 is 29.4 Å². The smallest absolute Gasteiger partial charge is 0.308 e. The van der Waals surface area contributed by atoms with E-state index >= 15 is 0 Å². The van der Waals surface area contributed by atoms with Crippen LogP contribution in [-0.2, 0) is 4.79 Å². The highest BCUT2D eigenvalue weighted by atomic mass is 16.7. The summed E-state index contributed by atoms with van der Waals surface area (Å²) in [7, 11) is 0. The Balaban J connectivity index is 1.90. The van der Waals surface area contributed by atoms with Crippen LogP contribution in [0.5, 0.6) is 0 Å². The SMILES string of the molecule is CCC(N)(C1C(C(=O)O)CCCN1CCC=C(c1ccccc1)c1ccccc1)C(O)(O)O. The average Bonchev–Trinajstić information content (AvgIpc) is 2.81. The molecule has 7 heteroatoms. The maximum absolute atomic E-state index is 12.0. The highest BCUT2D eigenvalue weighted by molar-refractivity contribution is 5.79. The van der Waals surface area contributed by atoms with E-state index in [4.69, 9.17) is 5.73 Å². The lowest BCUT2D eigenvalue weighted by Crippen LogP contribution is -2.74. The summed E-state index contributed by atoms with van der Waals surface area (Å²) in [4.78, 5) is 13.9. The third-order valence-corrected chi connectivity index (χ3v) is 6.72. The van der Waals surface area contributed by atoms with Crippen LogP contribution >= 0.6 is 0 Å². The highest BCUT2D eigenvalue weighted by Gasteiger charge is 2.57. The predicted molar refractivity (Wildman–Crippen MR) is 127 cm³/mol. The Kier molecular flexibility index (Phi) is 8.05. The van der Waals surface area contributed by atoms with Crippen molar-refractivity contribution >= 4 is 11.5 Å². The molecule has 1 aliphatic rings. The van der Waals surface area contributed by atoms with Gasteiger partial charge in [-0.2, -0.15) is 0 Å². The van der Waals surface area contributed by atoms with Gasteiger partial charge in [-0.3, -0.25) is 9.69 Å². The van der Waals surface area contributed by atoms with Gasteiger partial charge in [0.1, 0.15) is 5.54 Å². The Morgan fingerprint density at radius 3 is 2.06 bits per heavy atom. The highest BCUT2D eigenvalue weighted by Crippen LogP contribution is 2.37. The lowest BCUT2D eigenvalue weighted by molar-refractivity contribution is -0.359. The zero-order valence-electron chi connectivity index (χ0n) is 19.0. The van der Waals surface area contributed by atoms with Gasteiger partial charge in [0, 0.05) is 12.6 Å². The molecule has 3 unspecified atom stereocenters. The normalized spacial score (nSPS) is 21.2. The Bertz CT molecular complexity index is 901. The Morgan fingerprint density at radius 1 is 1.06 bits per heavy atom. The van der Waals surface area contributed by atoms with Crippen molar-refractivity contribution < 1.29 is 25.2 Å². The number of piperidine rings is 1. The number of hydrogen-bond acceptors (Lipinski definition) is 6. The van der Waals surface area contributed by atoms with Gasteiger partial charge in [0.05, 0.1) is 5.92 Å². The number of carboxylic acids is 1. The van der Waals surface area contributed by atoms with Gasteiger partial charge in [-0.05, 0) is 48.9 Å². The van der Waals surface area contributed by atoms with E-state index in [-0.39, 0.29) is 6.42 Å². The summed E-state index contributed by atoms with van der Waals surface area (Å²) in [5, 5.41) is 40.0. The first-order valence-corrected chi connectivity index (χ1v) is 11.4. The van der Waals surface area contributed by atoms with Gasteiger partial charge >= 0.3 is 5.97 Å². The number of aliphatic carboxylic acids is 1. The fraction of sp³-hybridized carbons (Fsp3) is 0.423. The van der Waals surface area contributed by atoms with Gasteiger partial charge in [-0.25, -0.2) is 0 Å². The molecule has 6 N–H and O–H groups in total. The van der Waals surface area contributed by atoms with Crippen molar-refractivity contribution in [3.63, 3.8) is 0 Å². The summed E-state index contributed by atoms with van der Waals surface area (Å²) in [5.74, 6) is -5.17. The van der Waals surface area contributed by atoms with Crippen molar-refractivity contribution in [3.05, 3.63) is 77.9 Å². The second-order valence-corrected chi connectivity index (χ2v) is 8.74. The van der Waals surface area contributed by atoms with Crippen molar-refractivity contribution in [1.29, 1.82) is 0 Å². The molecular formula is C26H34N2O5. The molecular weight excluding hydrogens is 420 g/mol. The van der Waals surface area contributed by atoms with E-state index in [0.29, 0.717) is 32.4 Å². The third-order valence-electron chi connectivity index (χ3n) is 6.72. The minimum atomic E-state index is -3.20. The first-order chi connectivity index (χ1) is 15.7. The van der Waals surface area contributed by atoms with Crippen LogP contribution in [0.3, 0.4) is 0 Å². The summed E-state index contributed by atoms with van der Waals surface area (Å²) in [6.45, 7) is 2.64. The summed E-state index contributed by atoms with van der Waals surface area (Å²) in [6, 6.07) is 19.1. The topological polar surface area (TPSA) is 127 Å². The van der Waals surface area contributed by atoms with E-state index in [2.05, 4.69) is 6.08 Å². The van der Waals surface area contributed by atoms with Crippen LogP contribution < -0.4 is 5.73 Å². The number of hydrogen-bond donors (Lipinski definition) is 5. The molecule has 0 spiro atoms. The van der Waals surface area contributed by atoms with Gasteiger partial charge in [0.25, 0.3) is 5.97 Å². The van der Waals surface area contributed by atoms with Crippen molar-refractivity contribution in [2.45, 2.75) is 50.2 Å². The third kappa shape index (κ3) is 5.51. The summed E-state index contributed by atoms with van der Waals surface area (Å²) in [6.07, 6.45) is 3.71. The molecule has 1 saturated heterocycles. The quantitative estimate of drug-likeness (QED) is 0.368. The summed E-state index contributed by atoms with van der Waals surface area (Å²) < 4.78 is 0. The number of aliphatic hydroxyl groups is 3. The zero-order valence-corrected chi connectivity index (χ0v) is 19.0. The fourth-order valence-corrected chi connectivity index (χ4v) is 4.92. The second kappa shape index (κ2) is 10.6. The standard InChI is InChI=1S/C26H34N2O5/c1-2-25(27,26(31,32)33)23-22(24(29)30)16-10-18-28(23)17-9-15-21(19-11-5-3-6-12-19)20-13-7-4-8-14-20/h3-8,11-15,22-23,31-33H,2,9-10,16-18,27H2,1H3,(H,29,30). The molecule has 3 atom stereocenters. The molecule has 2 aromatic rings. The number of nitrogens with zero attached hydrogens (tertiary/aromatic N) is 1. The van der Waals surface area contributed by atoms with Crippen LogP contribution in [0.25, 0.3) is 5.57 Å². The van der Waals surface area contributed by atoms with Crippen LogP contribution in [0.4, 0.5) is 0 Å². The Labute approximate surface area is 194 Å². The lowest BCUT2D eigenvalue weighted by atomic mass is 9.73. The molecule has 33 heavy (non-hydrogen) atoms. The largest absolute Gasteiger partial charge is 0.481 e. The van der Waals surface area contributed by atoms with Crippen LogP contribution in [-0.4, -0.2) is 61.9 Å². The van der Waals surface area contributed by atoms with Gasteiger partial charge in [0.2, 0.25) is 0 Å². The predicted octanol–water partition coefficient (Wildman–Crippen LogP) is 2.41. The number of nitrogens with two attached hydrogens (primary N) is 1. The number of likely N-dealkylation sites (tertiary alicyclic amines) is 1. The van der Waals surface area contributed by atoms with E-state index in [1.165, 1.54) is 0 Å². The molecule has 178 valence electrons. The number of carboxylic acid groups (broad SMARTS) is 1. The van der Waals surface area contributed by atoms with E-state index in [1.54, 1.807) is 6.92 Å². The molecule has 3 rings (SSSR count). The number of rotatable bonds is 9. The summed E-state index contributed by atoms with van der Waals surface area (Å²) >= 11 is 0. The molecule has 0 bridgehead atoms. The monoisotopic (exact) mass is 454 g/mol. The number of benzene rings is 2. The van der Waals surface area contributed by atoms with Crippen LogP contribution in [0, 0.1) is 5.92 Å². The first kappa shape index (κ1) is 25.1. The van der Waals surface area contributed by atoms with Crippen LogP contribution in [0.15, 0.2) is 66.7 Å². The zero-order chi connectivity index (χ0) is 24.1. The molecule has 0 aromatic heterocycles. The van der Waals surface area contributed by atoms with Crippen molar-refractivity contribution in [2.75, 3.05) is 13.1 Å². The molecule has 7 nitrogen and oxygen atoms in total. The van der Waals surface area contributed by atoms with Crippen molar-refractivity contribution in [1.82, 2.24) is 4.90 Å². The van der Waals surface area contributed by atoms with Crippen molar-refractivity contribution in [2.24, 2.45) is 11.7 Å². The van der Waals surface area contributed by atoms with Gasteiger partial charge in [0.15, 0.2) is 0 Å². The minimum Gasteiger partial charge on any atom is -0.481 e. The first-order valence-electron chi connectivity index (χ1n) is 11.4. The van der Waals surface area contributed by atoms with Gasteiger partial charge in [-0.1, -0.05) is 73.7 Å². The fourth-order valence-electron chi connectivity index (χ4n) is 4.92. The molecule has 0 amide bonds. The molecule has 0 saturated carbocycles. The Morgan fingerprint density at radius 2 is 1.61 bits per heavy atom. The van der Waals surface area contributed by atoms with E-state index in [1.807, 2.05) is 65.6 Å². The molecule has 0 radical (unpaired) electrons. The second-order valence-electron chi connectivity index (χ2n) is 8.74. The van der Waals surface area contributed by atoms with E-state index in [9.17, 15) is 25.2 Å². The van der Waals surface area contributed by atoms with Crippen LogP contribution in [0.1, 0.15) is 43.7 Å². The number of carbonyl (C=O) groups is 1. The van der Waals surface area contributed by atoms with Gasteiger partial charge in [-0.15, -0.1) is 0 Å². The lowest BCUT2D eigenvalue weighted by Gasteiger charge is -2.51. The Hall–Kier alpha value is -2.55. The van der Waals surface area contributed by atoms with Gasteiger partial charge < -0.3 is 26.2 Å². The van der Waals surface area contributed by atoms with Crippen LogP contribution in [0.2, 0.25) is 0 Å². The molecule has 0 aliphatic carbocycles. The molecule has 2 aromatic carbocycles. The maximum atomic E-state index is 12.0. The minimum absolute atomic E-state index is 0.00341. The average molecular weight is 455 g/mol. The van der Waals surface area contributed by atoms with Crippen molar-refractivity contribution in [3.8, 4) is 0 Å². The molecule has 1 heterocycles. The molecule has 1 fully saturated rings. The van der Waals surface area contributed by atoms with E-state index in [0.717, 1.165) is 16.7 Å². The molecule has 1 aliphatic heterocycles.